The van der Waals surface area contributed by atoms with Gasteiger partial charge < -0.3 is 4.90 Å². The summed E-state index contributed by atoms with van der Waals surface area (Å²) in [4.78, 5) is 40.9. The van der Waals surface area contributed by atoms with Crippen LogP contribution in [0.2, 0.25) is 0 Å². The zero-order chi connectivity index (χ0) is 20.2. The Morgan fingerprint density at radius 3 is 2.80 bits per heavy atom. The van der Waals surface area contributed by atoms with Gasteiger partial charge in [0.05, 0.1) is 24.0 Å². The summed E-state index contributed by atoms with van der Waals surface area (Å²) in [6, 6.07) is 0. The van der Waals surface area contributed by atoms with Crippen molar-refractivity contribution in [3.8, 4) is 0 Å². The Kier molecular flexibility index (Phi) is 4.60. The molecule has 6 nitrogen and oxygen atoms in total. The number of rotatable bonds is 3. The molecule has 0 spiro atoms. The third-order valence-corrected chi connectivity index (χ3v) is 9.39. The van der Waals surface area contributed by atoms with Crippen LogP contribution in [0.3, 0.4) is 0 Å². The van der Waals surface area contributed by atoms with Gasteiger partial charge in [-0.15, -0.1) is 23.1 Å². The summed E-state index contributed by atoms with van der Waals surface area (Å²) in [6.45, 7) is 0.902. The van der Waals surface area contributed by atoms with Gasteiger partial charge in [0, 0.05) is 18.0 Å². The summed E-state index contributed by atoms with van der Waals surface area (Å²) >= 11 is 3.46. The van der Waals surface area contributed by atoms with E-state index in [0.29, 0.717) is 13.1 Å². The van der Waals surface area contributed by atoms with E-state index in [2.05, 4.69) is 9.98 Å². The Morgan fingerprint density at radius 2 is 1.87 bits per heavy atom. The highest BCUT2D eigenvalue weighted by Gasteiger charge is 2.44. The number of carbonyl (C=O) groups is 1. The first kappa shape index (κ1) is 18.8. The van der Waals surface area contributed by atoms with Crippen molar-refractivity contribution in [1.29, 1.82) is 0 Å². The molecule has 0 fully saturated rings. The molecule has 2 aliphatic carbocycles. The summed E-state index contributed by atoms with van der Waals surface area (Å²) in [5.41, 5.74) is 2.58. The Labute approximate surface area is 183 Å². The zero-order valence-electron chi connectivity index (χ0n) is 16.8. The van der Waals surface area contributed by atoms with Gasteiger partial charge in [-0.2, -0.15) is 0 Å². The van der Waals surface area contributed by atoms with E-state index in [1.165, 1.54) is 40.2 Å². The van der Waals surface area contributed by atoms with Gasteiger partial charge >= 0.3 is 0 Å². The molecule has 0 radical (unpaired) electrons. The minimum Gasteiger partial charge on any atom is -0.301 e. The molecular weight excluding hydrogens is 416 g/mol. The number of nitrogens with zero attached hydrogens (tertiary/aromatic N) is 4. The van der Waals surface area contributed by atoms with Crippen molar-refractivity contribution in [3.63, 3.8) is 0 Å². The Morgan fingerprint density at radius 1 is 1.03 bits per heavy atom. The molecule has 4 aliphatic rings. The van der Waals surface area contributed by atoms with Gasteiger partial charge in [-0.1, -0.05) is 0 Å². The van der Waals surface area contributed by atoms with Crippen molar-refractivity contribution in [2.45, 2.75) is 63.3 Å². The molecule has 30 heavy (non-hydrogen) atoms. The number of hydrogen-bond acceptors (Lipinski definition) is 6. The lowest BCUT2D eigenvalue weighted by Gasteiger charge is -2.30. The van der Waals surface area contributed by atoms with Gasteiger partial charge in [-0.3, -0.25) is 19.1 Å². The molecule has 1 amide bonds. The highest BCUT2D eigenvalue weighted by atomic mass is 32.2. The Bertz CT molecular complexity index is 1160. The molecule has 0 aromatic carbocycles. The van der Waals surface area contributed by atoms with Crippen LogP contribution in [0, 0.1) is 5.92 Å². The van der Waals surface area contributed by atoms with E-state index in [-0.39, 0.29) is 22.8 Å². The van der Waals surface area contributed by atoms with Crippen LogP contribution in [0.15, 0.2) is 26.6 Å². The molecule has 0 bridgehead atoms. The van der Waals surface area contributed by atoms with Crippen LogP contribution in [-0.4, -0.2) is 38.6 Å². The van der Waals surface area contributed by atoms with Crippen molar-refractivity contribution >= 4 is 45.6 Å². The first-order chi connectivity index (χ1) is 14.7. The second-order valence-electron chi connectivity index (χ2n) is 8.57. The number of carbonyl (C=O) groups excluding carboxylic acids is 1. The van der Waals surface area contributed by atoms with E-state index in [9.17, 15) is 9.59 Å². The summed E-state index contributed by atoms with van der Waals surface area (Å²) < 4.78 is 1.67. The monoisotopic (exact) mass is 440 g/mol. The summed E-state index contributed by atoms with van der Waals surface area (Å²) in [5, 5.41) is 0.829. The summed E-state index contributed by atoms with van der Waals surface area (Å²) in [5.74, 6) is 0.0425. The van der Waals surface area contributed by atoms with Crippen molar-refractivity contribution < 1.29 is 4.79 Å². The van der Waals surface area contributed by atoms with Crippen LogP contribution in [0.5, 0.6) is 0 Å². The third-order valence-electron chi connectivity index (χ3n) is 6.81. The minimum atomic E-state index is -0.100. The smallest absolute Gasteiger partial charge is 0.262 e. The second kappa shape index (κ2) is 7.34. The first-order valence-electron chi connectivity index (χ1n) is 10.9. The lowest BCUT2D eigenvalue weighted by Crippen LogP contribution is -2.44. The van der Waals surface area contributed by atoms with E-state index in [4.69, 9.17) is 0 Å². The van der Waals surface area contributed by atoms with E-state index >= 15 is 0 Å². The molecule has 4 heterocycles. The van der Waals surface area contributed by atoms with Crippen molar-refractivity contribution in [3.05, 3.63) is 37.6 Å². The number of aromatic nitrogens is 2. The molecule has 2 aromatic heterocycles. The van der Waals surface area contributed by atoms with Gasteiger partial charge in [0.25, 0.3) is 5.56 Å². The van der Waals surface area contributed by atoms with Gasteiger partial charge in [-0.05, 0) is 67.4 Å². The lowest BCUT2D eigenvalue weighted by molar-refractivity contribution is -0.130. The van der Waals surface area contributed by atoms with Gasteiger partial charge in [0.15, 0.2) is 0 Å². The molecule has 2 aromatic rings. The topological polar surface area (TPSA) is 67.6 Å². The van der Waals surface area contributed by atoms with Crippen LogP contribution >= 0.6 is 23.1 Å². The molecule has 8 heteroatoms. The standard InChI is InChI=1S/C22H24N4O2S2/c27-21-17-13-5-1-3-7-15(13)29-19(17)23-11-25(21)9-10-26-12-24-20-18(22(26)28)14-6-2-4-8-16(14)30-20/h11-12,17,19H,1-10H2. The molecule has 0 N–H and O–H groups in total. The first-order valence-corrected chi connectivity index (χ1v) is 12.6. The van der Waals surface area contributed by atoms with Crippen LogP contribution in [0.1, 0.15) is 49.0 Å². The predicted molar refractivity (Wildman–Crippen MR) is 121 cm³/mol. The largest absolute Gasteiger partial charge is 0.301 e. The molecule has 6 rings (SSSR count). The number of thiophene rings is 1. The number of amides is 1. The minimum absolute atomic E-state index is 0.0231. The maximum absolute atomic E-state index is 13.2. The molecular formula is C22H24N4O2S2. The van der Waals surface area contributed by atoms with Crippen LogP contribution in [0.25, 0.3) is 10.2 Å². The van der Waals surface area contributed by atoms with Crippen molar-refractivity contribution in [1.82, 2.24) is 14.5 Å². The third kappa shape index (κ3) is 2.91. The van der Waals surface area contributed by atoms with E-state index in [1.807, 2.05) is 0 Å². The van der Waals surface area contributed by atoms with Crippen molar-refractivity contribution in [2.24, 2.45) is 10.9 Å². The van der Waals surface area contributed by atoms with Crippen LogP contribution in [0.4, 0.5) is 0 Å². The molecule has 2 aliphatic heterocycles. The molecule has 2 atom stereocenters. The Balaban J connectivity index is 1.24. The van der Waals surface area contributed by atoms with Crippen LogP contribution < -0.4 is 5.56 Å². The maximum atomic E-state index is 13.2. The summed E-state index contributed by atoms with van der Waals surface area (Å²) in [6.07, 6.45) is 12.2. The average Bonchev–Trinajstić information content (AvgIpc) is 3.33. The normalized spacial score (nSPS) is 25.6. The number of thioether (sulfide) groups is 1. The average molecular weight is 441 g/mol. The molecule has 2 unspecified atom stereocenters. The molecule has 0 saturated heterocycles. The highest BCUT2D eigenvalue weighted by Crippen LogP contribution is 2.50. The van der Waals surface area contributed by atoms with E-state index < -0.39 is 0 Å². The van der Waals surface area contributed by atoms with Gasteiger partial charge in [0.2, 0.25) is 5.91 Å². The second-order valence-corrected chi connectivity index (χ2v) is 10.9. The van der Waals surface area contributed by atoms with Crippen molar-refractivity contribution in [2.75, 3.05) is 6.54 Å². The maximum Gasteiger partial charge on any atom is 0.262 e. The quantitative estimate of drug-likeness (QED) is 0.729. The molecule has 0 saturated carbocycles. The van der Waals surface area contributed by atoms with E-state index in [1.54, 1.807) is 45.2 Å². The van der Waals surface area contributed by atoms with E-state index in [0.717, 1.165) is 42.3 Å². The van der Waals surface area contributed by atoms with Gasteiger partial charge in [-0.25, -0.2) is 4.98 Å². The number of fused-ring (bicyclic) bond motifs is 5. The van der Waals surface area contributed by atoms with Crippen LogP contribution in [-0.2, 0) is 24.2 Å². The SMILES string of the molecule is O=C1C2C3=C(CCCC3)SC2N=CN1CCn1cnc2sc3c(c2c1=O)CCCC3. The fourth-order valence-electron chi connectivity index (χ4n) is 5.24. The molecule has 156 valence electrons. The number of allylic oxidation sites excluding steroid dienone is 1. The zero-order valence-corrected chi connectivity index (χ0v) is 18.4. The van der Waals surface area contributed by atoms with Gasteiger partial charge in [0.1, 0.15) is 10.2 Å². The number of aliphatic imine (C=N–C) groups is 1. The number of aryl methyl sites for hydroxylation is 2. The fourth-order valence-corrected chi connectivity index (χ4v) is 7.93. The summed E-state index contributed by atoms with van der Waals surface area (Å²) in [7, 11) is 0. The number of hydrogen-bond donors (Lipinski definition) is 0. The predicted octanol–water partition coefficient (Wildman–Crippen LogP) is 3.72. The Hall–Kier alpha value is -1.93. The fraction of sp³-hybridized carbons (Fsp3) is 0.545. The highest BCUT2D eigenvalue weighted by molar-refractivity contribution is 8.04. The lowest BCUT2D eigenvalue weighted by atomic mass is 9.88.